The SMILES string of the molecule is CCC(Cc1ccccc1)C(C)C(=O)O. The molecule has 1 N–H and O–H groups in total. The van der Waals surface area contributed by atoms with Crippen molar-refractivity contribution in [1.82, 2.24) is 0 Å². The van der Waals surface area contributed by atoms with Gasteiger partial charge in [0.2, 0.25) is 0 Å². The Morgan fingerprint density at radius 1 is 1.33 bits per heavy atom. The Balaban J connectivity index is 2.66. The summed E-state index contributed by atoms with van der Waals surface area (Å²) in [6.45, 7) is 3.84. The van der Waals surface area contributed by atoms with Gasteiger partial charge in [-0.3, -0.25) is 4.79 Å². The van der Waals surface area contributed by atoms with E-state index in [0.29, 0.717) is 0 Å². The van der Waals surface area contributed by atoms with E-state index in [1.807, 2.05) is 25.1 Å². The van der Waals surface area contributed by atoms with Crippen molar-refractivity contribution in [2.45, 2.75) is 26.7 Å². The molecule has 0 saturated heterocycles. The van der Waals surface area contributed by atoms with Crippen molar-refractivity contribution >= 4 is 5.97 Å². The minimum Gasteiger partial charge on any atom is -0.481 e. The molecule has 0 aliphatic carbocycles. The maximum absolute atomic E-state index is 10.9. The average molecular weight is 206 g/mol. The largest absolute Gasteiger partial charge is 0.481 e. The minimum atomic E-state index is -0.696. The van der Waals surface area contributed by atoms with E-state index in [2.05, 4.69) is 12.1 Å². The molecule has 2 atom stereocenters. The predicted molar refractivity (Wildman–Crippen MR) is 60.7 cm³/mol. The second-order valence-corrected chi connectivity index (χ2v) is 3.98. The zero-order valence-electron chi connectivity index (χ0n) is 9.31. The second kappa shape index (κ2) is 5.54. The number of carboxylic acid groups (broad SMARTS) is 1. The molecule has 0 fully saturated rings. The molecule has 0 saturated carbocycles. The van der Waals surface area contributed by atoms with Gasteiger partial charge in [-0.25, -0.2) is 0 Å². The maximum Gasteiger partial charge on any atom is 0.306 e. The zero-order chi connectivity index (χ0) is 11.3. The molecule has 0 bridgehead atoms. The summed E-state index contributed by atoms with van der Waals surface area (Å²) in [4.78, 5) is 10.9. The van der Waals surface area contributed by atoms with Crippen molar-refractivity contribution in [3.05, 3.63) is 35.9 Å². The lowest BCUT2D eigenvalue weighted by molar-refractivity contribution is -0.143. The number of hydrogen-bond donors (Lipinski definition) is 1. The van der Waals surface area contributed by atoms with Crippen molar-refractivity contribution in [2.24, 2.45) is 11.8 Å². The number of benzene rings is 1. The summed E-state index contributed by atoms with van der Waals surface area (Å²) < 4.78 is 0. The van der Waals surface area contributed by atoms with Crippen LogP contribution in [0.25, 0.3) is 0 Å². The van der Waals surface area contributed by atoms with Gasteiger partial charge in [0.25, 0.3) is 0 Å². The third-order valence-corrected chi connectivity index (χ3v) is 2.96. The number of carbonyl (C=O) groups is 1. The molecule has 0 amide bonds. The highest BCUT2D eigenvalue weighted by atomic mass is 16.4. The van der Waals surface area contributed by atoms with Crippen LogP contribution in [0.1, 0.15) is 25.8 Å². The fourth-order valence-electron chi connectivity index (χ4n) is 1.79. The first-order chi connectivity index (χ1) is 7.15. The predicted octanol–water partition coefficient (Wildman–Crippen LogP) is 2.98. The molecule has 0 spiro atoms. The van der Waals surface area contributed by atoms with Gasteiger partial charge in [-0.05, 0) is 17.9 Å². The van der Waals surface area contributed by atoms with E-state index < -0.39 is 5.97 Å². The van der Waals surface area contributed by atoms with Crippen LogP contribution in [-0.2, 0) is 11.2 Å². The van der Waals surface area contributed by atoms with Crippen molar-refractivity contribution in [3.63, 3.8) is 0 Å². The van der Waals surface area contributed by atoms with E-state index in [1.54, 1.807) is 6.92 Å². The molecular weight excluding hydrogens is 188 g/mol. The molecule has 0 radical (unpaired) electrons. The van der Waals surface area contributed by atoms with Gasteiger partial charge in [0.15, 0.2) is 0 Å². The fraction of sp³-hybridized carbons (Fsp3) is 0.462. The minimum absolute atomic E-state index is 0.227. The highest BCUT2D eigenvalue weighted by molar-refractivity contribution is 5.69. The van der Waals surface area contributed by atoms with Crippen LogP contribution in [-0.4, -0.2) is 11.1 Å². The van der Waals surface area contributed by atoms with Crippen molar-refractivity contribution in [2.75, 3.05) is 0 Å². The average Bonchev–Trinajstić information content (AvgIpc) is 2.26. The van der Waals surface area contributed by atoms with Gasteiger partial charge >= 0.3 is 5.97 Å². The summed E-state index contributed by atoms with van der Waals surface area (Å²) in [5, 5.41) is 8.96. The Kier molecular flexibility index (Phi) is 4.35. The van der Waals surface area contributed by atoms with Crippen LogP contribution in [0.5, 0.6) is 0 Å². The van der Waals surface area contributed by atoms with Gasteiger partial charge in [-0.2, -0.15) is 0 Å². The summed E-state index contributed by atoms with van der Waals surface area (Å²) in [6.07, 6.45) is 1.76. The molecular formula is C13H18O2. The first-order valence-corrected chi connectivity index (χ1v) is 5.41. The second-order valence-electron chi connectivity index (χ2n) is 3.98. The highest BCUT2D eigenvalue weighted by Crippen LogP contribution is 2.20. The van der Waals surface area contributed by atoms with Gasteiger partial charge in [0.1, 0.15) is 0 Å². The monoisotopic (exact) mass is 206 g/mol. The highest BCUT2D eigenvalue weighted by Gasteiger charge is 2.21. The normalized spacial score (nSPS) is 14.5. The van der Waals surface area contributed by atoms with Gasteiger partial charge < -0.3 is 5.11 Å². The van der Waals surface area contributed by atoms with E-state index in [0.717, 1.165) is 12.8 Å². The smallest absolute Gasteiger partial charge is 0.306 e. The molecule has 0 aromatic heterocycles. The maximum atomic E-state index is 10.9. The lowest BCUT2D eigenvalue weighted by atomic mass is 9.86. The van der Waals surface area contributed by atoms with Crippen LogP contribution in [0.2, 0.25) is 0 Å². The molecule has 2 unspecified atom stereocenters. The molecule has 0 heterocycles. The van der Waals surface area contributed by atoms with Crippen LogP contribution < -0.4 is 0 Å². The van der Waals surface area contributed by atoms with E-state index >= 15 is 0 Å². The Morgan fingerprint density at radius 3 is 2.40 bits per heavy atom. The third-order valence-electron chi connectivity index (χ3n) is 2.96. The number of carboxylic acids is 1. The molecule has 1 aromatic carbocycles. The molecule has 0 aliphatic rings. The summed E-state index contributed by atoms with van der Waals surface area (Å²) in [5.41, 5.74) is 1.22. The topological polar surface area (TPSA) is 37.3 Å². The molecule has 1 rings (SSSR count). The molecule has 2 heteroatoms. The van der Waals surface area contributed by atoms with Gasteiger partial charge in [-0.1, -0.05) is 50.6 Å². The van der Waals surface area contributed by atoms with Crippen LogP contribution >= 0.6 is 0 Å². The molecule has 2 nitrogen and oxygen atoms in total. The summed E-state index contributed by atoms with van der Waals surface area (Å²) in [6, 6.07) is 10.1. The molecule has 82 valence electrons. The first kappa shape index (κ1) is 11.8. The zero-order valence-corrected chi connectivity index (χ0v) is 9.31. The van der Waals surface area contributed by atoms with E-state index in [-0.39, 0.29) is 11.8 Å². The van der Waals surface area contributed by atoms with Crippen molar-refractivity contribution in [3.8, 4) is 0 Å². The Labute approximate surface area is 90.9 Å². The van der Waals surface area contributed by atoms with E-state index in [1.165, 1.54) is 5.56 Å². The molecule has 15 heavy (non-hydrogen) atoms. The Bertz CT molecular complexity index is 306. The van der Waals surface area contributed by atoms with Crippen LogP contribution in [0.4, 0.5) is 0 Å². The Morgan fingerprint density at radius 2 is 1.93 bits per heavy atom. The number of hydrogen-bond acceptors (Lipinski definition) is 1. The molecule has 0 aliphatic heterocycles. The van der Waals surface area contributed by atoms with Gasteiger partial charge in [0.05, 0.1) is 5.92 Å². The lowest BCUT2D eigenvalue weighted by Gasteiger charge is -2.19. The summed E-state index contributed by atoms with van der Waals surface area (Å²) >= 11 is 0. The third kappa shape index (κ3) is 3.39. The number of rotatable bonds is 5. The Hall–Kier alpha value is -1.31. The van der Waals surface area contributed by atoms with Gasteiger partial charge in [-0.15, -0.1) is 0 Å². The lowest BCUT2D eigenvalue weighted by Crippen LogP contribution is -2.21. The number of aliphatic carboxylic acids is 1. The summed E-state index contributed by atoms with van der Waals surface area (Å²) in [7, 11) is 0. The van der Waals surface area contributed by atoms with Crippen LogP contribution in [0.15, 0.2) is 30.3 Å². The van der Waals surface area contributed by atoms with E-state index in [4.69, 9.17) is 5.11 Å². The van der Waals surface area contributed by atoms with Crippen molar-refractivity contribution in [1.29, 1.82) is 0 Å². The van der Waals surface area contributed by atoms with Gasteiger partial charge in [0, 0.05) is 0 Å². The van der Waals surface area contributed by atoms with Crippen LogP contribution in [0, 0.1) is 11.8 Å². The quantitative estimate of drug-likeness (QED) is 0.804. The van der Waals surface area contributed by atoms with Crippen LogP contribution in [0.3, 0.4) is 0 Å². The van der Waals surface area contributed by atoms with E-state index in [9.17, 15) is 4.79 Å². The summed E-state index contributed by atoms with van der Waals surface area (Å²) in [5.74, 6) is -0.738. The standard InChI is InChI=1S/C13H18O2/c1-3-12(10(2)13(14)15)9-11-7-5-4-6-8-11/h4-8,10,12H,3,9H2,1-2H3,(H,14,15). The van der Waals surface area contributed by atoms with Crippen molar-refractivity contribution < 1.29 is 9.90 Å². The fourth-order valence-corrected chi connectivity index (χ4v) is 1.79. The first-order valence-electron chi connectivity index (χ1n) is 5.41. The molecule has 1 aromatic rings.